The Morgan fingerprint density at radius 1 is 1.38 bits per heavy atom. The molecule has 0 saturated carbocycles. The fourth-order valence-corrected chi connectivity index (χ4v) is 1.50. The molecule has 0 radical (unpaired) electrons. The lowest BCUT2D eigenvalue weighted by Crippen LogP contribution is -2.39. The highest BCUT2D eigenvalue weighted by atomic mass is 35.5. The first-order valence-corrected chi connectivity index (χ1v) is 4.84. The first kappa shape index (κ1) is 12.5. The molecule has 86 valence electrons. The second-order valence-electron chi connectivity index (χ2n) is 3.47. The largest absolute Gasteiger partial charge is 0.481 e. The van der Waals surface area contributed by atoms with Crippen molar-refractivity contribution < 1.29 is 9.90 Å². The molecule has 0 bridgehead atoms. The fraction of sp³-hybridized carbons (Fsp3) is 0.273. The molecule has 16 heavy (non-hydrogen) atoms. The number of halogens is 1. The van der Waals surface area contributed by atoms with Gasteiger partial charge in [-0.2, -0.15) is 0 Å². The number of aliphatic imine (C=N–C) groups is 1. The zero-order valence-corrected chi connectivity index (χ0v) is 9.41. The highest BCUT2D eigenvalue weighted by Gasteiger charge is 2.21. The fourth-order valence-electron chi connectivity index (χ4n) is 1.50. The average Bonchev–Trinajstić information content (AvgIpc) is 2.30. The molecule has 1 atom stereocenters. The van der Waals surface area contributed by atoms with Gasteiger partial charge in [0.05, 0.1) is 12.5 Å². The van der Waals surface area contributed by atoms with Crippen molar-refractivity contribution in [3.05, 3.63) is 35.9 Å². The molecule has 1 aliphatic heterocycles. The topological polar surface area (TPSA) is 61.7 Å². The summed E-state index contributed by atoms with van der Waals surface area (Å²) in [5.41, 5.74) is 1.00. The number of nitrogens with one attached hydrogen (secondary N) is 1. The molecule has 0 amide bonds. The van der Waals surface area contributed by atoms with E-state index >= 15 is 0 Å². The van der Waals surface area contributed by atoms with Gasteiger partial charge in [-0.25, -0.2) is 0 Å². The standard InChI is InChI=1S/C11H12N2O2.ClH/c14-11(15)9-6-12-10(13-7-9)8-4-2-1-3-5-8;/h1-5,9H,6-7H2,(H,12,13)(H,14,15);1H. The molecule has 5 heteroatoms. The van der Waals surface area contributed by atoms with Crippen LogP contribution in [0.1, 0.15) is 5.56 Å². The van der Waals surface area contributed by atoms with Crippen LogP contribution in [0.2, 0.25) is 0 Å². The van der Waals surface area contributed by atoms with Gasteiger partial charge < -0.3 is 10.4 Å². The van der Waals surface area contributed by atoms with E-state index in [9.17, 15) is 4.79 Å². The molecule has 0 aliphatic carbocycles. The Kier molecular flexibility index (Phi) is 4.31. The van der Waals surface area contributed by atoms with Crippen LogP contribution in [0.5, 0.6) is 0 Å². The molecular weight excluding hydrogens is 228 g/mol. The minimum atomic E-state index is -0.793. The van der Waals surface area contributed by atoms with Gasteiger partial charge in [0.1, 0.15) is 5.84 Å². The van der Waals surface area contributed by atoms with Gasteiger partial charge in [0.25, 0.3) is 0 Å². The zero-order chi connectivity index (χ0) is 10.7. The molecule has 1 heterocycles. The van der Waals surface area contributed by atoms with Crippen LogP contribution in [0.15, 0.2) is 35.3 Å². The number of aliphatic carboxylic acids is 1. The van der Waals surface area contributed by atoms with E-state index in [0.717, 1.165) is 11.4 Å². The Hall–Kier alpha value is -1.55. The number of carboxylic acid groups (broad SMARTS) is 1. The minimum absolute atomic E-state index is 0. The lowest BCUT2D eigenvalue weighted by molar-refractivity contribution is -0.141. The predicted molar refractivity (Wildman–Crippen MR) is 64.2 cm³/mol. The van der Waals surface area contributed by atoms with Gasteiger partial charge in [-0.05, 0) is 0 Å². The predicted octanol–water partition coefficient (Wildman–Crippen LogP) is 1.16. The van der Waals surface area contributed by atoms with Crippen LogP contribution >= 0.6 is 12.4 Å². The van der Waals surface area contributed by atoms with Crippen LogP contribution in [-0.2, 0) is 4.79 Å². The summed E-state index contributed by atoms with van der Waals surface area (Å²) in [4.78, 5) is 14.9. The van der Waals surface area contributed by atoms with Crippen molar-refractivity contribution in [3.8, 4) is 0 Å². The van der Waals surface area contributed by atoms with E-state index in [-0.39, 0.29) is 12.4 Å². The lowest BCUT2D eigenvalue weighted by atomic mass is 10.1. The maximum absolute atomic E-state index is 10.7. The first-order chi connectivity index (χ1) is 7.27. The third kappa shape index (κ3) is 2.73. The van der Waals surface area contributed by atoms with E-state index in [1.165, 1.54) is 0 Å². The molecule has 2 N–H and O–H groups in total. The van der Waals surface area contributed by atoms with Crippen molar-refractivity contribution in [2.45, 2.75) is 0 Å². The summed E-state index contributed by atoms with van der Waals surface area (Å²) in [6.07, 6.45) is 0. The number of carboxylic acids is 1. The number of rotatable bonds is 2. The van der Waals surface area contributed by atoms with E-state index in [4.69, 9.17) is 5.11 Å². The summed E-state index contributed by atoms with van der Waals surface area (Å²) >= 11 is 0. The zero-order valence-electron chi connectivity index (χ0n) is 8.59. The second-order valence-corrected chi connectivity index (χ2v) is 3.47. The second kappa shape index (κ2) is 5.51. The Balaban J connectivity index is 0.00000128. The van der Waals surface area contributed by atoms with Crippen molar-refractivity contribution in [2.75, 3.05) is 13.1 Å². The van der Waals surface area contributed by atoms with Gasteiger partial charge in [0.15, 0.2) is 0 Å². The number of hydrogen-bond acceptors (Lipinski definition) is 3. The van der Waals surface area contributed by atoms with Gasteiger partial charge in [-0.15, -0.1) is 12.4 Å². The van der Waals surface area contributed by atoms with E-state index in [1.807, 2.05) is 30.3 Å². The van der Waals surface area contributed by atoms with Gasteiger partial charge in [0, 0.05) is 12.1 Å². The van der Waals surface area contributed by atoms with Crippen LogP contribution in [0, 0.1) is 5.92 Å². The first-order valence-electron chi connectivity index (χ1n) is 4.84. The molecule has 1 aliphatic rings. The number of nitrogens with zero attached hydrogens (tertiary/aromatic N) is 1. The van der Waals surface area contributed by atoms with Gasteiger partial charge >= 0.3 is 5.97 Å². The molecule has 4 nitrogen and oxygen atoms in total. The SMILES string of the molecule is Cl.O=C(O)C1CN=C(c2ccccc2)NC1. The van der Waals surface area contributed by atoms with Crippen molar-refractivity contribution in [2.24, 2.45) is 10.9 Å². The van der Waals surface area contributed by atoms with Crippen LogP contribution in [0.4, 0.5) is 0 Å². The van der Waals surface area contributed by atoms with E-state index in [2.05, 4.69) is 10.3 Å². The van der Waals surface area contributed by atoms with Crippen molar-refractivity contribution in [1.82, 2.24) is 5.32 Å². The maximum atomic E-state index is 10.7. The molecule has 0 saturated heterocycles. The highest BCUT2D eigenvalue weighted by molar-refractivity contribution is 5.99. The number of carbonyl (C=O) groups is 1. The van der Waals surface area contributed by atoms with Crippen LogP contribution in [0.3, 0.4) is 0 Å². The van der Waals surface area contributed by atoms with Crippen molar-refractivity contribution in [1.29, 1.82) is 0 Å². The van der Waals surface area contributed by atoms with Crippen LogP contribution < -0.4 is 5.32 Å². The van der Waals surface area contributed by atoms with Crippen LogP contribution in [0.25, 0.3) is 0 Å². The summed E-state index contributed by atoms with van der Waals surface area (Å²) in [6, 6.07) is 9.71. The molecule has 0 spiro atoms. The Morgan fingerprint density at radius 2 is 2.06 bits per heavy atom. The third-order valence-corrected chi connectivity index (χ3v) is 2.38. The quantitative estimate of drug-likeness (QED) is 0.816. The van der Waals surface area contributed by atoms with E-state index in [1.54, 1.807) is 0 Å². The molecule has 1 aromatic carbocycles. The highest BCUT2D eigenvalue weighted by Crippen LogP contribution is 2.07. The van der Waals surface area contributed by atoms with Gasteiger partial charge in [-0.1, -0.05) is 30.3 Å². The Labute approximate surface area is 99.8 Å². The number of hydrogen-bond donors (Lipinski definition) is 2. The maximum Gasteiger partial charge on any atom is 0.310 e. The molecule has 1 aromatic rings. The Bertz CT molecular complexity index is 392. The molecule has 1 unspecified atom stereocenters. The normalized spacial score (nSPS) is 19.0. The minimum Gasteiger partial charge on any atom is -0.481 e. The van der Waals surface area contributed by atoms with Gasteiger partial charge in [-0.3, -0.25) is 9.79 Å². The summed E-state index contributed by atoms with van der Waals surface area (Å²) in [6.45, 7) is 0.801. The molecule has 0 aromatic heterocycles. The van der Waals surface area contributed by atoms with Crippen molar-refractivity contribution >= 4 is 24.2 Å². The lowest BCUT2D eigenvalue weighted by Gasteiger charge is -2.19. The molecular formula is C11H13ClN2O2. The third-order valence-electron chi connectivity index (χ3n) is 2.38. The summed E-state index contributed by atoms with van der Waals surface area (Å²) in [7, 11) is 0. The smallest absolute Gasteiger partial charge is 0.310 e. The Morgan fingerprint density at radius 3 is 2.56 bits per heavy atom. The molecule has 0 fully saturated rings. The van der Waals surface area contributed by atoms with Crippen molar-refractivity contribution in [3.63, 3.8) is 0 Å². The van der Waals surface area contributed by atoms with E-state index in [0.29, 0.717) is 13.1 Å². The summed E-state index contributed by atoms with van der Waals surface area (Å²) in [5, 5.41) is 11.8. The summed E-state index contributed by atoms with van der Waals surface area (Å²) < 4.78 is 0. The van der Waals surface area contributed by atoms with E-state index < -0.39 is 11.9 Å². The summed E-state index contributed by atoms with van der Waals surface area (Å²) in [5.74, 6) is -0.413. The average molecular weight is 241 g/mol. The number of amidine groups is 1. The monoisotopic (exact) mass is 240 g/mol. The number of benzene rings is 1. The molecule has 2 rings (SSSR count). The van der Waals surface area contributed by atoms with Crippen LogP contribution in [-0.4, -0.2) is 30.0 Å². The van der Waals surface area contributed by atoms with Gasteiger partial charge in [0.2, 0.25) is 0 Å².